The summed E-state index contributed by atoms with van der Waals surface area (Å²) < 4.78 is 0. The number of carbonyl (C=O) groups is 3. The highest BCUT2D eigenvalue weighted by molar-refractivity contribution is 5.97. The third kappa shape index (κ3) is 5.81. The number of carboxylic acid groups (broad SMARTS) is 2. The quantitative estimate of drug-likeness (QED) is 0.308. The number of benzene rings is 1. The first kappa shape index (κ1) is 23.2. The summed E-state index contributed by atoms with van der Waals surface area (Å²) in [5, 5.41) is 20.3. The number of hydrogen-bond acceptors (Lipinski definition) is 9. The number of carboxylic acids is 2. The molecule has 0 bridgehead atoms. The normalized spacial score (nSPS) is 11.7. The predicted octanol–water partition coefficient (Wildman–Crippen LogP) is 0.873. The fourth-order valence-electron chi connectivity index (χ4n) is 3.12. The molecule has 2 heterocycles. The zero-order valence-corrected chi connectivity index (χ0v) is 17.7. The van der Waals surface area contributed by atoms with Crippen LogP contribution in [0.2, 0.25) is 0 Å². The van der Waals surface area contributed by atoms with Gasteiger partial charge in [0.2, 0.25) is 0 Å². The van der Waals surface area contributed by atoms with Crippen molar-refractivity contribution in [2.45, 2.75) is 25.4 Å². The van der Waals surface area contributed by atoms with E-state index in [0.717, 1.165) is 5.69 Å². The Morgan fingerprint density at radius 3 is 2.45 bits per heavy atom. The maximum absolute atomic E-state index is 12.4. The average molecular weight is 453 g/mol. The van der Waals surface area contributed by atoms with Crippen molar-refractivity contribution in [1.82, 2.24) is 20.3 Å². The molecule has 1 aromatic carbocycles. The number of anilines is 3. The van der Waals surface area contributed by atoms with Crippen molar-refractivity contribution >= 4 is 46.2 Å². The molecule has 172 valence electrons. The highest BCUT2D eigenvalue weighted by Crippen LogP contribution is 2.20. The number of nitrogens with two attached hydrogens (primary N) is 2. The van der Waals surface area contributed by atoms with E-state index in [-0.39, 0.29) is 24.2 Å². The molecule has 3 rings (SSSR count). The number of aliphatic carboxylic acids is 2. The summed E-state index contributed by atoms with van der Waals surface area (Å²) in [6, 6.07) is 6.73. The molecule has 0 saturated heterocycles. The Morgan fingerprint density at radius 2 is 1.82 bits per heavy atom. The molecule has 1 atom stereocenters. The fraction of sp³-hybridized carbons (Fsp3) is 0.238. The van der Waals surface area contributed by atoms with Gasteiger partial charge in [-0.2, -0.15) is 0 Å². The number of nitrogens with one attached hydrogen (secondary N) is 1. The van der Waals surface area contributed by atoms with Crippen LogP contribution in [0.1, 0.15) is 28.9 Å². The van der Waals surface area contributed by atoms with Crippen LogP contribution in [0.5, 0.6) is 0 Å². The summed E-state index contributed by atoms with van der Waals surface area (Å²) in [6.45, 7) is 0.397. The first-order chi connectivity index (χ1) is 15.6. The van der Waals surface area contributed by atoms with Crippen LogP contribution in [-0.2, 0) is 16.1 Å². The van der Waals surface area contributed by atoms with E-state index in [1.165, 1.54) is 6.07 Å². The van der Waals surface area contributed by atoms with Crippen molar-refractivity contribution in [3.8, 4) is 0 Å². The second kappa shape index (κ2) is 9.77. The van der Waals surface area contributed by atoms with E-state index in [2.05, 4.69) is 20.3 Å². The van der Waals surface area contributed by atoms with Gasteiger partial charge in [0.05, 0.1) is 24.1 Å². The molecule has 3 aromatic rings. The zero-order valence-electron chi connectivity index (χ0n) is 17.7. The maximum atomic E-state index is 12.4. The van der Waals surface area contributed by atoms with Gasteiger partial charge in [0.25, 0.3) is 5.91 Å². The Balaban J connectivity index is 1.67. The van der Waals surface area contributed by atoms with E-state index >= 15 is 0 Å². The third-order valence-electron chi connectivity index (χ3n) is 4.83. The minimum atomic E-state index is -1.30. The lowest BCUT2D eigenvalue weighted by atomic mass is 10.1. The van der Waals surface area contributed by atoms with Crippen molar-refractivity contribution in [2.24, 2.45) is 0 Å². The number of pyridine rings is 1. The van der Waals surface area contributed by atoms with Crippen molar-refractivity contribution < 1.29 is 24.6 Å². The summed E-state index contributed by atoms with van der Waals surface area (Å²) in [4.78, 5) is 49.1. The van der Waals surface area contributed by atoms with Gasteiger partial charge in [-0.05, 0) is 30.7 Å². The molecule has 0 saturated carbocycles. The van der Waals surface area contributed by atoms with Gasteiger partial charge in [0, 0.05) is 30.8 Å². The van der Waals surface area contributed by atoms with Crippen LogP contribution in [0, 0.1) is 0 Å². The molecule has 33 heavy (non-hydrogen) atoms. The standard InChI is InChI=1S/C21H23N7O5/c1-28(10-12-9-24-19-18(25-12)14(22)8-16(23)27-19)13-4-2-11(3-5-13)20(31)26-15(21(32)33)6-7-17(29)30/h2-5,8-9,15H,6-7,10H2,1H3,(H,26,31)(H,29,30)(H,32,33)(H4,22,23,24,27)/t15-/m0/s1. The lowest BCUT2D eigenvalue weighted by Crippen LogP contribution is -2.41. The number of rotatable bonds is 9. The number of nitrogen functional groups attached to an aromatic ring is 2. The van der Waals surface area contributed by atoms with E-state index in [0.29, 0.717) is 29.1 Å². The lowest BCUT2D eigenvalue weighted by molar-refractivity contribution is -0.140. The SMILES string of the molecule is CN(Cc1cnc2nc(N)cc(N)c2n1)c1ccc(C(=O)N[C@@H](CCC(=O)O)C(=O)O)cc1. The number of hydrogen-bond donors (Lipinski definition) is 5. The summed E-state index contributed by atoms with van der Waals surface area (Å²) >= 11 is 0. The highest BCUT2D eigenvalue weighted by atomic mass is 16.4. The number of amides is 1. The number of nitrogens with zero attached hydrogens (tertiary/aromatic N) is 4. The van der Waals surface area contributed by atoms with Crippen molar-refractivity contribution in [3.63, 3.8) is 0 Å². The second-order valence-electron chi connectivity index (χ2n) is 7.37. The van der Waals surface area contributed by atoms with E-state index in [9.17, 15) is 19.5 Å². The second-order valence-corrected chi connectivity index (χ2v) is 7.37. The predicted molar refractivity (Wildman–Crippen MR) is 120 cm³/mol. The summed E-state index contributed by atoms with van der Waals surface area (Å²) in [5.74, 6) is -2.78. The largest absolute Gasteiger partial charge is 0.481 e. The molecule has 12 heteroatoms. The van der Waals surface area contributed by atoms with E-state index in [4.69, 9.17) is 16.6 Å². The molecule has 0 aliphatic carbocycles. The summed E-state index contributed by atoms with van der Waals surface area (Å²) in [7, 11) is 1.83. The third-order valence-corrected chi connectivity index (χ3v) is 4.83. The lowest BCUT2D eigenvalue weighted by Gasteiger charge is -2.19. The zero-order chi connectivity index (χ0) is 24.1. The topological polar surface area (TPSA) is 198 Å². The molecule has 0 aliphatic rings. The maximum Gasteiger partial charge on any atom is 0.326 e. The Morgan fingerprint density at radius 1 is 1.12 bits per heavy atom. The van der Waals surface area contributed by atoms with Crippen LogP contribution in [0.3, 0.4) is 0 Å². The fourth-order valence-corrected chi connectivity index (χ4v) is 3.12. The smallest absolute Gasteiger partial charge is 0.326 e. The monoisotopic (exact) mass is 453 g/mol. The molecule has 0 unspecified atom stereocenters. The molecule has 0 spiro atoms. The Kier molecular flexibility index (Phi) is 6.86. The Labute approximate surface area is 188 Å². The van der Waals surface area contributed by atoms with Crippen LogP contribution in [0.15, 0.2) is 36.5 Å². The van der Waals surface area contributed by atoms with Gasteiger partial charge in [0.1, 0.15) is 17.4 Å². The van der Waals surface area contributed by atoms with Crippen LogP contribution < -0.4 is 21.7 Å². The van der Waals surface area contributed by atoms with Gasteiger partial charge >= 0.3 is 11.9 Å². The van der Waals surface area contributed by atoms with Gasteiger partial charge in [-0.1, -0.05) is 0 Å². The molecular weight excluding hydrogens is 430 g/mol. The summed E-state index contributed by atoms with van der Waals surface area (Å²) in [6.07, 6.45) is 1.00. The average Bonchev–Trinajstić information content (AvgIpc) is 2.76. The molecule has 7 N–H and O–H groups in total. The van der Waals surface area contributed by atoms with Crippen molar-refractivity contribution in [2.75, 3.05) is 23.4 Å². The molecule has 1 amide bonds. The number of carbonyl (C=O) groups excluding carboxylic acids is 1. The number of aromatic nitrogens is 3. The van der Waals surface area contributed by atoms with Crippen LogP contribution in [-0.4, -0.2) is 56.1 Å². The molecular formula is C21H23N7O5. The van der Waals surface area contributed by atoms with Gasteiger partial charge in [-0.15, -0.1) is 0 Å². The van der Waals surface area contributed by atoms with E-state index in [1.54, 1.807) is 30.5 Å². The molecule has 0 radical (unpaired) electrons. The number of fused-ring (bicyclic) bond motifs is 1. The Bertz CT molecular complexity index is 1200. The first-order valence-electron chi connectivity index (χ1n) is 9.88. The van der Waals surface area contributed by atoms with Crippen molar-refractivity contribution in [1.29, 1.82) is 0 Å². The van der Waals surface area contributed by atoms with E-state index < -0.39 is 23.9 Å². The molecule has 0 aliphatic heterocycles. The van der Waals surface area contributed by atoms with Gasteiger partial charge in [0.15, 0.2) is 5.65 Å². The van der Waals surface area contributed by atoms with Crippen molar-refractivity contribution in [3.05, 3.63) is 47.8 Å². The molecule has 2 aromatic heterocycles. The Hall–Kier alpha value is -4.48. The van der Waals surface area contributed by atoms with Gasteiger partial charge in [-0.25, -0.2) is 19.7 Å². The molecule has 0 fully saturated rings. The van der Waals surface area contributed by atoms with Gasteiger partial charge in [-0.3, -0.25) is 9.59 Å². The van der Waals surface area contributed by atoms with Crippen LogP contribution in [0.25, 0.3) is 11.2 Å². The van der Waals surface area contributed by atoms with Crippen LogP contribution in [0.4, 0.5) is 17.2 Å². The molecule has 12 nitrogen and oxygen atoms in total. The highest BCUT2D eigenvalue weighted by Gasteiger charge is 2.21. The summed E-state index contributed by atoms with van der Waals surface area (Å²) in [5.41, 5.74) is 14.5. The van der Waals surface area contributed by atoms with Gasteiger partial charge < -0.3 is 31.9 Å². The first-order valence-corrected chi connectivity index (χ1v) is 9.88. The van der Waals surface area contributed by atoms with Crippen LogP contribution >= 0.6 is 0 Å². The minimum absolute atomic E-state index is 0.212. The minimum Gasteiger partial charge on any atom is -0.481 e. The van der Waals surface area contributed by atoms with E-state index in [1.807, 2.05) is 11.9 Å².